The van der Waals surface area contributed by atoms with Crippen LogP contribution < -0.4 is 0 Å². The predicted octanol–water partition coefficient (Wildman–Crippen LogP) is 1.29. The average Bonchev–Trinajstić information content (AvgIpc) is 1.96. The van der Waals surface area contributed by atoms with Gasteiger partial charge in [-0.1, -0.05) is 26.8 Å². The maximum absolute atomic E-state index is 11.3. The van der Waals surface area contributed by atoms with Crippen molar-refractivity contribution in [1.29, 1.82) is 0 Å². The number of thiol groups is 1. The molecule has 0 saturated heterocycles. The molecule has 14 heavy (non-hydrogen) atoms. The number of hydrogen-bond donors (Lipinski definition) is 1. The third-order valence-electron chi connectivity index (χ3n) is 1.90. The second-order valence-electron chi connectivity index (χ2n) is 4.08. The molecule has 0 spiro atoms. The maximum Gasteiger partial charge on any atom is 0.325 e. The monoisotopic (exact) mass is 220 g/mol. The third kappa shape index (κ3) is 4.41. The summed E-state index contributed by atoms with van der Waals surface area (Å²) in [4.78, 5) is 11.3. The summed E-state index contributed by atoms with van der Waals surface area (Å²) in [5, 5.41) is 0. The predicted molar refractivity (Wildman–Crippen MR) is 54.2 cm³/mol. The molecule has 0 aliphatic rings. The molecule has 0 aliphatic heterocycles. The molecule has 0 heterocycles. The number of carbonyl (C=O) groups excluding carboxylic acids is 1. The average molecular weight is 220 g/mol. The summed E-state index contributed by atoms with van der Waals surface area (Å²) in [6, 6.07) is 0. The van der Waals surface area contributed by atoms with Gasteiger partial charge < -0.3 is 4.18 Å². The van der Waals surface area contributed by atoms with E-state index in [1.807, 2.05) is 20.8 Å². The molecule has 0 radical (unpaired) electrons. The maximum atomic E-state index is 11.3. The Morgan fingerprint density at radius 3 is 2.29 bits per heavy atom. The lowest BCUT2D eigenvalue weighted by molar-refractivity contribution is -0.141. The second kappa shape index (κ2) is 5.14. The summed E-state index contributed by atoms with van der Waals surface area (Å²) in [7, 11) is -3.11. The van der Waals surface area contributed by atoms with Crippen molar-refractivity contribution in [2.45, 2.75) is 27.2 Å². The zero-order chi connectivity index (χ0) is 11.4. The van der Waals surface area contributed by atoms with Gasteiger partial charge in [0.1, 0.15) is 0 Å². The van der Waals surface area contributed by atoms with E-state index >= 15 is 0 Å². The molecular weight excluding hydrogens is 204 g/mol. The van der Waals surface area contributed by atoms with Crippen LogP contribution in [0.25, 0.3) is 0 Å². The molecule has 0 aromatic heterocycles. The van der Waals surface area contributed by atoms with Crippen LogP contribution in [0.1, 0.15) is 27.2 Å². The molecular formula is C9H16O4S. The Morgan fingerprint density at radius 1 is 1.50 bits per heavy atom. The molecule has 0 bridgehead atoms. The van der Waals surface area contributed by atoms with E-state index in [2.05, 4.69) is 10.8 Å². The van der Waals surface area contributed by atoms with Gasteiger partial charge in [-0.05, 0) is 11.8 Å². The topological polar surface area (TPSA) is 60.4 Å². The zero-order valence-electron chi connectivity index (χ0n) is 8.65. The van der Waals surface area contributed by atoms with Crippen molar-refractivity contribution in [3.63, 3.8) is 0 Å². The van der Waals surface area contributed by atoms with Crippen LogP contribution in [0, 0.1) is 11.3 Å². The van der Waals surface area contributed by atoms with Gasteiger partial charge in [0.2, 0.25) is 0 Å². The van der Waals surface area contributed by atoms with E-state index in [1.54, 1.807) is 6.08 Å². The van der Waals surface area contributed by atoms with Crippen molar-refractivity contribution >= 4 is 17.0 Å². The second-order valence-corrected chi connectivity index (χ2v) is 4.71. The molecule has 5 heteroatoms. The summed E-state index contributed by atoms with van der Waals surface area (Å²) in [5.41, 5.74) is -0.337. The van der Waals surface area contributed by atoms with Gasteiger partial charge in [-0.2, -0.15) is 8.42 Å². The van der Waals surface area contributed by atoms with Crippen LogP contribution in [0.4, 0.5) is 0 Å². The quantitative estimate of drug-likeness (QED) is 0.573. The first-order valence-corrected chi connectivity index (χ1v) is 5.35. The molecule has 1 unspecified atom stereocenters. The summed E-state index contributed by atoms with van der Waals surface area (Å²) >= 11 is 0. The third-order valence-corrected chi connectivity index (χ3v) is 2.23. The van der Waals surface area contributed by atoms with Crippen LogP contribution in [0.15, 0.2) is 12.7 Å². The molecule has 0 saturated carbocycles. The van der Waals surface area contributed by atoms with Crippen molar-refractivity contribution in [2.24, 2.45) is 11.3 Å². The molecule has 0 aromatic rings. The highest BCUT2D eigenvalue weighted by Gasteiger charge is 2.31. The fourth-order valence-corrected chi connectivity index (χ4v) is 1.38. The molecule has 0 N–H and O–H groups in total. The first-order valence-electron chi connectivity index (χ1n) is 4.26. The van der Waals surface area contributed by atoms with Crippen molar-refractivity contribution in [3.05, 3.63) is 12.7 Å². The Labute approximate surface area is 86.1 Å². The van der Waals surface area contributed by atoms with Crippen LogP contribution in [0.5, 0.6) is 0 Å². The molecule has 0 amide bonds. The van der Waals surface area contributed by atoms with Gasteiger partial charge in [-0.25, -0.2) is 0 Å². The minimum Gasteiger partial charge on any atom is -0.347 e. The molecule has 0 aromatic carbocycles. The van der Waals surface area contributed by atoms with E-state index in [0.717, 1.165) is 0 Å². The molecule has 0 rings (SSSR count). The minimum absolute atomic E-state index is 0.337. The van der Waals surface area contributed by atoms with Crippen molar-refractivity contribution in [3.8, 4) is 0 Å². The number of allylic oxidation sites excluding steroid dienone is 1. The Kier molecular flexibility index (Phi) is 4.83. The van der Waals surface area contributed by atoms with E-state index in [0.29, 0.717) is 6.42 Å². The molecule has 82 valence electrons. The highest BCUT2D eigenvalue weighted by Crippen LogP contribution is 2.30. The first-order chi connectivity index (χ1) is 6.29. The van der Waals surface area contributed by atoms with Crippen molar-refractivity contribution in [1.82, 2.24) is 0 Å². The van der Waals surface area contributed by atoms with Gasteiger partial charge in [-0.15, -0.1) is 6.58 Å². The highest BCUT2D eigenvalue weighted by molar-refractivity contribution is 7.67. The van der Waals surface area contributed by atoms with Gasteiger partial charge in [0.15, 0.2) is 0 Å². The standard InChI is InChI=1S/C9H16O4S/c1-5-6-7(9(2,3)4)8(10)13-14(11)12/h5,7,14H,1,6H2,2-4H3. The Balaban J connectivity index is 4.65. The summed E-state index contributed by atoms with van der Waals surface area (Å²) in [6.07, 6.45) is 1.99. The van der Waals surface area contributed by atoms with Crippen LogP contribution in [0.3, 0.4) is 0 Å². The van der Waals surface area contributed by atoms with Gasteiger partial charge in [0, 0.05) is 0 Å². The van der Waals surface area contributed by atoms with Crippen LogP contribution in [-0.2, 0) is 20.0 Å². The smallest absolute Gasteiger partial charge is 0.325 e. The van der Waals surface area contributed by atoms with Crippen LogP contribution >= 0.6 is 0 Å². The molecule has 4 nitrogen and oxygen atoms in total. The Bertz CT molecular complexity index is 278. The summed E-state index contributed by atoms with van der Waals surface area (Å²) in [5.74, 6) is -1.19. The number of rotatable bonds is 4. The SMILES string of the molecule is C=CCC(C(=O)O[SH](=O)=O)C(C)(C)C. The highest BCUT2D eigenvalue weighted by atomic mass is 32.2. The van der Waals surface area contributed by atoms with Crippen LogP contribution in [0.2, 0.25) is 0 Å². The Morgan fingerprint density at radius 2 is 2.00 bits per heavy atom. The van der Waals surface area contributed by atoms with E-state index in [9.17, 15) is 13.2 Å². The van der Waals surface area contributed by atoms with E-state index in [1.165, 1.54) is 0 Å². The van der Waals surface area contributed by atoms with Crippen molar-refractivity contribution < 1.29 is 17.4 Å². The fraction of sp³-hybridized carbons (Fsp3) is 0.667. The lowest BCUT2D eigenvalue weighted by atomic mass is 9.79. The van der Waals surface area contributed by atoms with E-state index < -0.39 is 22.9 Å². The fourth-order valence-electron chi connectivity index (χ4n) is 1.11. The van der Waals surface area contributed by atoms with Gasteiger partial charge in [-0.3, -0.25) is 4.79 Å². The summed E-state index contributed by atoms with van der Waals surface area (Å²) < 4.78 is 24.6. The zero-order valence-corrected chi connectivity index (χ0v) is 9.54. The lowest BCUT2D eigenvalue weighted by Crippen LogP contribution is -2.29. The molecule has 1 atom stereocenters. The number of carbonyl (C=O) groups is 1. The van der Waals surface area contributed by atoms with Crippen molar-refractivity contribution in [2.75, 3.05) is 0 Å². The van der Waals surface area contributed by atoms with Crippen LogP contribution in [-0.4, -0.2) is 14.4 Å². The Hall–Kier alpha value is -0.840. The van der Waals surface area contributed by atoms with E-state index in [4.69, 9.17) is 0 Å². The first kappa shape index (κ1) is 13.2. The largest absolute Gasteiger partial charge is 0.347 e. The van der Waals surface area contributed by atoms with Gasteiger partial charge >= 0.3 is 17.0 Å². The van der Waals surface area contributed by atoms with E-state index in [-0.39, 0.29) is 5.41 Å². The molecule has 0 aliphatic carbocycles. The summed E-state index contributed by atoms with van der Waals surface area (Å²) in [6.45, 7) is 9.06. The lowest BCUT2D eigenvalue weighted by Gasteiger charge is -2.26. The van der Waals surface area contributed by atoms with Gasteiger partial charge in [0.25, 0.3) is 0 Å². The minimum atomic E-state index is -3.11. The van der Waals surface area contributed by atoms with Gasteiger partial charge in [0.05, 0.1) is 5.92 Å². The number of hydrogen-bond acceptors (Lipinski definition) is 4. The molecule has 0 fully saturated rings. The normalized spacial score (nSPS) is 13.7.